The van der Waals surface area contributed by atoms with Gasteiger partial charge in [0.25, 0.3) is 0 Å². The Bertz CT molecular complexity index is 503. The number of sulfone groups is 1. The maximum Gasteiger partial charge on any atom is 0.247 e. The van der Waals surface area contributed by atoms with E-state index in [1.165, 1.54) is 7.11 Å². The van der Waals surface area contributed by atoms with E-state index in [2.05, 4.69) is 26.1 Å². The number of hydrogen-bond donors (Lipinski definition) is 0. The average Bonchev–Trinajstić information content (AvgIpc) is 2.58. The number of nitrogens with zero attached hydrogens (tertiary/aromatic N) is 2. The van der Waals surface area contributed by atoms with E-state index in [9.17, 15) is 8.42 Å². The Labute approximate surface area is 102 Å². The Balaban J connectivity index is 2.39. The number of hydrogen-bond acceptors (Lipinski definition) is 5. The molecule has 0 N–H and O–H groups in total. The van der Waals surface area contributed by atoms with Gasteiger partial charge in [-0.2, -0.15) is 5.10 Å². The third-order valence-corrected chi connectivity index (χ3v) is 5.36. The Kier molecular flexibility index (Phi) is 3.16. The molecule has 0 bridgehead atoms. The molecule has 2 rings (SSSR count). The normalized spacial score (nSPS) is 23.2. The standard InChI is InChI=1S/C9H11BrN2O3S/c1-15-9-6(10)5-7(11-12-9)8-3-2-4-16(8,13)14/h5,8H,2-4H2,1H3. The molecule has 1 saturated heterocycles. The SMILES string of the molecule is COc1nnc(C2CCCS2(=O)=O)cc1Br. The lowest BCUT2D eigenvalue weighted by Crippen LogP contribution is -2.10. The first-order chi connectivity index (χ1) is 7.54. The molecule has 88 valence electrons. The molecule has 16 heavy (non-hydrogen) atoms. The first kappa shape index (κ1) is 11.8. The summed E-state index contributed by atoms with van der Waals surface area (Å²) < 4.78 is 29.0. The van der Waals surface area contributed by atoms with Gasteiger partial charge in [0, 0.05) is 0 Å². The molecule has 0 spiro atoms. The second-order valence-corrected chi connectivity index (χ2v) is 6.78. The molecule has 1 unspecified atom stereocenters. The molecule has 1 atom stereocenters. The van der Waals surface area contributed by atoms with Crippen molar-refractivity contribution < 1.29 is 13.2 Å². The topological polar surface area (TPSA) is 69.2 Å². The van der Waals surface area contributed by atoms with Crippen molar-refractivity contribution in [3.05, 3.63) is 16.2 Å². The molecule has 0 aliphatic carbocycles. The lowest BCUT2D eigenvalue weighted by atomic mass is 10.2. The zero-order valence-corrected chi connectivity index (χ0v) is 11.1. The predicted octanol–water partition coefficient (Wildman–Crippen LogP) is 1.50. The van der Waals surface area contributed by atoms with Gasteiger partial charge in [-0.25, -0.2) is 8.42 Å². The van der Waals surface area contributed by atoms with Crippen molar-refractivity contribution in [2.75, 3.05) is 12.9 Å². The van der Waals surface area contributed by atoms with Crippen molar-refractivity contribution in [3.63, 3.8) is 0 Å². The molecule has 1 aliphatic heterocycles. The fourth-order valence-corrected chi connectivity index (χ4v) is 4.13. The minimum Gasteiger partial charge on any atom is -0.479 e. The number of ether oxygens (including phenoxy) is 1. The van der Waals surface area contributed by atoms with E-state index in [-0.39, 0.29) is 5.75 Å². The van der Waals surface area contributed by atoms with Gasteiger partial charge in [0.15, 0.2) is 9.84 Å². The third-order valence-electron chi connectivity index (χ3n) is 2.59. The van der Waals surface area contributed by atoms with Crippen LogP contribution < -0.4 is 4.74 Å². The van der Waals surface area contributed by atoms with Gasteiger partial charge in [0.05, 0.1) is 23.0 Å². The van der Waals surface area contributed by atoms with Crippen LogP contribution in [0.3, 0.4) is 0 Å². The summed E-state index contributed by atoms with van der Waals surface area (Å²) in [6.45, 7) is 0. The lowest BCUT2D eigenvalue weighted by molar-refractivity contribution is 0.388. The molecular formula is C9H11BrN2O3S. The maximum atomic E-state index is 11.7. The molecule has 2 heterocycles. The molecule has 0 aromatic carbocycles. The van der Waals surface area contributed by atoms with Crippen molar-refractivity contribution in [2.45, 2.75) is 18.1 Å². The zero-order chi connectivity index (χ0) is 11.8. The summed E-state index contributed by atoms with van der Waals surface area (Å²) in [5.74, 6) is 0.599. The molecule has 0 saturated carbocycles. The predicted molar refractivity (Wildman–Crippen MR) is 62.0 cm³/mol. The van der Waals surface area contributed by atoms with Gasteiger partial charge in [-0.3, -0.25) is 0 Å². The van der Waals surface area contributed by atoms with Gasteiger partial charge in [-0.05, 0) is 34.8 Å². The molecule has 0 amide bonds. The minimum absolute atomic E-state index is 0.239. The largest absolute Gasteiger partial charge is 0.479 e. The molecule has 1 aliphatic rings. The number of halogens is 1. The van der Waals surface area contributed by atoms with E-state index >= 15 is 0 Å². The second-order valence-electron chi connectivity index (χ2n) is 3.62. The fourth-order valence-electron chi connectivity index (χ4n) is 1.79. The average molecular weight is 307 g/mol. The number of methoxy groups -OCH3 is 1. The Hall–Kier alpha value is -0.690. The fraction of sp³-hybridized carbons (Fsp3) is 0.556. The molecule has 0 radical (unpaired) electrons. The minimum atomic E-state index is -3.04. The van der Waals surface area contributed by atoms with Crippen molar-refractivity contribution in [3.8, 4) is 5.88 Å². The van der Waals surface area contributed by atoms with Gasteiger partial charge in [-0.15, -0.1) is 5.10 Å². The summed E-state index contributed by atoms with van der Waals surface area (Å²) in [5, 5.41) is 7.22. The smallest absolute Gasteiger partial charge is 0.247 e. The van der Waals surface area contributed by atoms with Gasteiger partial charge in [-0.1, -0.05) is 0 Å². The van der Waals surface area contributed by atoms with Crippen LogP contribution in [0.5, 0.6) is 5.88 Å². The van der Waals surface area contributed by atoms with E-state index in [0.29, 0.717) is 28.9 Å². The van der Waals surface area contributed by atoms with Gasteiger partial charge >= 0.3 is 0 Å². The van der Waals surface area contributed by atoms with Crippen LogP contribution in [0, 0.1) is 0 Å². The van der Waals surface area contributed by atoms with E-state index in [0.717, 1.165) is 0 Å². The summed E-state index contributed by atoms with van der Waals surface area (Å²) in [5.41, 5.74) is 0.491. The highest BCUT2D eigenvalue weighted by molar-refractivity contribution is 9.10. The Morgan fingerprint density at radius 3 is 2.75 bits per heavy atom. The Morgan fingerprint density at radius 2 is 2.25 bits per heavy atom. The van der Waals surface area contributed by atoms with Crippen LogP contribution in [0.15, 0.2) is 10.5 Å². The highest BCUT2D eigenvalue weighted by Crippen LogP contribution is 2.35. The molecular weight excluding hydrogens is 296 g/mol. The zero-order valence-electron chi connectivity index (χ0n) is 8.68. The summed E-state index contributed by atoms with van der Waals surface area (Å²) in [4.78, 5) is 0. The number of aromatic nitrogens is 2. The first-order valence-electron chi connectivity index (χ1n) is 4.83. The van der Waals surface area contributed by atoms with Gasteiger partial charge in [0.1, 0.15) is 5.25 Å². The van der Waals surface area contributed by atoms with Crippen LogP contribution in [0.2, 0.25) is 0 Å². The van der Waals surface area contributed by atoms with Crippen LogP contribution in [0.4, 0.5) is 0 Å². The quantitative estimate of drug-likeness (QED) is 0.828. The van der Waals surface area contributed by atoms with Crippen LogP contribution in [-0.2, 0) is 9.84 Å². The molecule has 5 nitrogen and oxygen atoms in total. The summed E-state index contributed by atoms with van der Waals surface area (Å²) in [6, 6.07) is 1.67. The van der Waals surface area contributed by atoms with Crippen molar-refractivity contribution >= 4 is 25.8 Å². The van der Waals surface area contributed by atoms with Crippen LogP contribution in [0.1, 0.15) is 23.8 Å². The summed E-state index contributed by atoms with van der Waals surface area (Å²) in [7, 11) is -1.55. The van der Waals surface area contributed by atoms with E-state index in [1.54, 1.807) is 6.07 Å². The van der Waals surface area contributed by atoms with Crippen molar-refractivity contribution in [2.24, 2.45) is 0 Å². The molecule has 1 fully saturated rings. The third kappa shape index (κ3) is 2.06. The summed E-state index contributed by atoms with van der Waals surface area (Å²) >= 11 is 3.27. The first-order valence-corrected chi connectivity index (χ1v) is 7.34. The van der Waals surface area contributed by atoms with Crippen molar-refractivity contribution in [1.29, 1.82) is 0 Å². The van der Waals surface area contributed by atoms with Crippen LogP contribution in [-0.4, -0.2) is 31.5 Å². The summed E-state index contributed by atoms with van der Waals surface area (Å²) in [6.07, 6.45) is 1.31. The molecule has 1 aromatic heterocycles. The molecule has 7 heteroatoms. The second kappa shape index (κ2) is 4.29. The van der Waals surface area contributed by atoms with Crippen molar-refractivity contribution in [1.82, 2.24) is 10.2 Å². The van der Waals surface area contributed by atoms with Gasteiger partial charge in [0.2, 0.25) is 5.88 Å². The van der Waals surface area contributed by atoms with Gasteiger partial charge < -0.3 is 4.74 Å². The van der Waals surface area contributed by atoms with Crippen LogP contribution >= 0.6 is 15.9 Å². The highest BCUT2D eigenvalue weighted by Gasteiger charge is 2.34. The van der Waals surface area contributed by atoms with Crippen LogP contribution in [0.25, 0.3) is 0 Å². The maximum absolute atomic E-state index is 11.7. The van der Waals surface area contributed by atoms with E-state index < -0.39 is 15.1 Å². The van der Waals surface area contributed by atoms with E-state index in [1.807, 2.05) is 0 Å². The lowest BCUT2D eigenvalue weighted by Gasteiger charge is -2.09. The van der Waals surface area contributed by atoms with E-state index in [4.69, 9.17) is 4.74 Å². The highest BCUT2D eigenvalue weighted by atomic mass is 79.9. The molecule has 1 aromatic rings. The number of rotatable bonds is 2. The monoisotopic (exact) mass is 306 g/mol. The Morgan fingerprint density at radius 1 is 1.50 bits per heavy atom.